The third-order valence-corrected chi connectivity index (χ3v) is 7.35. The number of nitrogens with one attached hydrogen (secondary N) is 1. The van der Waals surface area contributed by atoms with Crippen molar-refractivity contribution >= 4 is 22.4 Å². The summed E-state index contributed by atoms with van der Waals surface area (Å²) in [5, 5.41) is 8.98. The molecule has 0 radical (unpaired) electrons. The highest BCUT2D eigenvalue weighted by molar-refractivity contribution is 5.93. The van der Waals surface area contributed by atoms with Gasteiger partial charge in [0.15, 0.2) is 0 Å². The van der Waals surface area contributed by atoms with E-state index >= 15 is 0 Å². The number of hydrogen-bond donors (Lipinski definition) is 1. The number of fused-ring (bicyclic) bond motifs is 1. The second-order valence-electron chi connectivity index (χ2n) is 10.1. The van der Waals surface area contributed by atoms with E-state index in [2.05, 4.69) is 22.3 Å². The Morgan fingerprint density at radius 1 is 0.947 bits per heavy atom. The fourth-order valence-corrected chi connectivity index (χ4v) is 5.37. The van der Waals surface area contributed by atoms with Gasteiger partial charge in [0.2, 0.25) is 5.91 Å². The van der Waals surface area contributed by atoms with Crippen LogP contribution in [-0.2, 0) is 11.3 Å². The smallest absolute Gasteiger partial charge is 0.274 e. The molecule has 0 aliphatic carbocycles. The molecule has 1 aliphatic rings. The molecule has 0 unspecified atom stereocenters. The molecule has 1 saturated heterocycles. The minimum Gasteiger partial charge on any atom is -0.326 e. The van der Waals surface area contributed by atoms with Crippen LogP contribution in [-0.4, -0.2) is 40.2 Å². The van der Waals surface area contributed by atoms with Crippen LogP contribution in [0.1, 0.15) is 44.1 Å². The monoisotopic (exact) mass is 512 g/mol. The fraction of sp³-hybridized carbons (Fsp3) is 0.323. The second kappa shape index (κ2) is 11.7. The summed E-state index contributed by atoms with van der Waals surface area (Å²) in [5.41, 5.74) is 3.55. The van der Waals surface area contributed by atoms with E-state index in [-0.39, 0.29) is 17.3 Å². The molecule has 1 amide bonds. The maximum atomic E-state index is 13.5. The van der Waals surface area contributed by atoms with Gasteiger partial charge >= 0.3 is 0 Å². The van der Waals surface area contributed by atoms with Gasteiger partial charge in [-0.1, -0.05) is 30.3 Å². The van der Waals surface area contributed by atoms with Crippen molar-refractivity contribution in [2.24, 2.45) is 0 Å². The number of halogens is 1. The summed E-state index contributed by atoms with van der Waals surface area (Å²) in [6.07, 6.45) is 4.02. The van der Waals surface area contributed by atoms with Gasteiger partial charge < -0.3 is 10.2 Å². The first-order chi connectivity index (χ1) is 18.5. The Morgan fingerprint density at radius 2 is 1.66 bits per heavy atom. The number of unbranched alkanes of at least 4 members (excludes halogenated alkanes) is 1. The van der Waals surface area contributed by atoms with Crippen molar-refractivity contribution in [3.63, 3.8) is 0 Å². The number of benzene rings is 3. The summed E-state index contributed by atoms with van der Waals surface area (Å²) in [6, 6.07) is 21.9. The number of likely N-dealkylation sites (tertiary alicyclic amines) is 1. The van der Waals surface area contributed by atoms with Crippen molar-refractivity contribution in [1.29, 1.82) is 0 Å². The van der Waals surface area contributed by atoms with E-state index < -0.39 is 0 Å². The summed E-state index contributed by atoms with van der Waals surface area (Å²) in [6.45, 7) is 5.15. The molecule has 0 bridgehead atoms. The third kappa shape index (κ3) is 6.00. The highest BCUT2D eigenvalue weighted by Gasteiger charge is 2.20. The van der Waals surface area contributed by atoms with Crippen LogP contribution in [0.15, 0.2) is 77.6 Å². The minimum absolute atomic E-state index is 0.0511. The van der Waals surface area contributed by atoms with Gasteiger partial charge in [0.05, 0.1) is 11.1 Å². The molecule has 1 aliphatic heterocycles. The van der Waals surface area contributed by atoms with E-state index in [4.69, 9.17) is 5.10 Å². The van der Waals surface area contributed by atoms with Crippen LogP contribution in [0.5, 0.6) is 0 Å². The lowest BCUT2D eigenvalue weighted by molar-refractivity contribution is -0.114. The van der Waals surface area contributed by atoms with Gasteiger partial charge in [-0.3, -0.25) is 9.59 Å². The zero-order valence-corrected chi connectivity index (χ0v) is 21.7. The number of piperidine rings is 1. The first-order valence-corrected chi connectivity index (χ1v) is 13.3. The number of amides is 1. The molecule has 1 N–H and O–H groups in total. The predicted octanol–water partition coefficient (Wildman–Crippen LogP) is 5.82. The van der Waals surface area contributed by atoms with Crippen LogP contribution in [0.25, 0.3) is 22.0 Å². The number of rotatable bonds is 8. The average Bonchev–Trinajstić information content (AvgIpc) is 2.93. The molecular formula is C31H33FN4O2. The van der Waals surface area contributed by atoms with Crippen LogP contribution in [0.2, 0.25) is 0 Å². The molecule has 0 spiro atoms. The quantitative estimate of drug-likeness (QED) is 0.302. The largest absolute Gasteiger partial charge is 0.326 e. The molecule has 1 fully saturated rings. The second-order valence-corrected chi connectivity index (χ2v) is 10.1. The molecule has 6 nitrogen and oxygen atoms in total. The summed E-state index contributed by atoms with van der Waals surface area (Å²) >= 11 is 0. The Labute approximate surface area is 222 Å². The van der Waals surface area contributed by atoms with E-state index in [0.29, 0.717) is 23.5 Å². The predicted molar refractivity (Wildman–Crippen MR) is 150 cm³/mol. The minimum atomic E-state index is -0.297. The summed E-state index contributed by atoms with van der Waals surface area (Å²) in [5.74, 6) is 0.156. The van der Waals surface area contributed by atoms with Gasteiger partial charge in [0.25, 0.3) is 5.56 Å². The number of carbonyl (C=O) groups is 1. The SMILES string of the molecule is CC(=O)Nc1cccc(C2CCN(CCCCn3nc(-c4ccc(F)cc4)c4ccccc4c3=O)CC2)c1. The van der Waals surface area contributed by atoms with Crippen molar-refractivity contribution in [1.82, 2.24) is 14.7 Å². The first kappa shape index (κ1) is 25.8. The molecular weight excluding hydrogens is 479 g/mol. The first-order valence-electron chi connectivity index (χ1n) is 13.3. The molecule has 7 heteroatoms. The van der Waals surface area contributed by atoms with Crippen LogP contribution in [0.3, 0.4) is 0 Å². The maximum Gasteiger partial charge on any atom is 0.274 e. The van der Waals surface area contributed by atoms with Gasteiger partial charge in [-0.05, 0) is 99.3 Å². The van der Waals surface area contributed by atoms with Crippen LogP contribution < -0.4 is 10.9 Å². The average molecular weight is 513 g/mol. The van der Waals surface area contributed by atoms with Crippen LogP contribution in [0.4, 0.5) is 10.1 Å². The summed E-state index contributed by atoms with van der Waals surface area (Å²) < 4.78 is 15.1. The maximum absolute atomic E-state index is 13.5. The topological polar surface area (TPSA) is 67.2 Å². The Hall–Kier alpha value is -3.84. The molecule has 0 atom stereocenters. The standard InChI is InChI=1S/C31H33FN4O2/c1-22(37)33-27-8-6-7-25(21-27)23-15-19-35(20-16-23)17-4-5-18-36-31(38)29-10-3-2-9-28(29)30(34-36)24-11-13-26(32)14-12-24/h2-3,6-14,21,23H,4-5,15-20H2,1H3,(H,33,37). The fourth-order valence-electron chi connectivity index (χ4n) is 5.37. The van der Waals surface area contributed by atoms with Crippen LogP contribution in [0, 0.1) is 5.82 Å². The molecule has 38 heavy (non-hydrogen) atoms. The van der Waals surface area contributed by atoms with Gasteiger partial charge in [0, 0.05) is 30.1 Å². The van der Waals surface area contributed by atoms with Gasteiger partial charge in [-0.2, -0.15) is 5.10 Å². The number of aryl methyl sites for hydroxylation is 1. The zero-order valence-electron chi connectivity index (χ0n) is 21.7. The zero-order chi connectivity index (χ0) is 26.5. The van der Waals surface area contributed by atoms with Crippen LogP contribution >= 0.6 is 0 Å². The lowest BCUT2D eigenvalue weighted by atomic mass is 9.89. The van der Waals surface area contributed by atoms with Crippen molar-refractivity contribution in [2.75, 3.05) is 25.0 Å². The van der Waals surface area contributed by atoms with E-state index in [9.17, 15) is 14.0 Å². The van der Waals surface area contributed by atoms with Crippen molar-refractivity contribution in [2.45, 2.75) is 45.1 Å². The van der Waals surface area contributed by atoms with Gasteiger partial charge in [-0.25, -0.2) is 9.07 Å². The molecule has 5 rings (SSSR count). The molecule has 1 aromatic heterocycles. The lowest BCUT2D eigenvalue weighted by Gasteiger charge is -2.32. The number of hydrogen-bond acceptors (Lipinski definition) is 4. The molecule has 0 saturated carbocycles. The van der Waals surface area contributed by atoms with Gasteiger partial charge in [0.1, 0.15) is 5.82 Å². The number of aromatic nitrogens is 2. The molecule has 4 aromatic rings. The Balaban J connectivity index is 1.18. The lowest BCUT2D eigenvalue weighted by Crippen LogP contribution is -2.34. The van der Waals surface area contributed by atoms with E-state index in [1.54, 1.807) is 16.8 Å². The highest BCUT2D eigenvalue weighted by Crippen LogP contribution is 2.30. The third-order valence-electron chi connectivity index (χ3n) is 7.35. The van der Waals surface area contributed by atoms with Crippen molar-refractivity contribution < 1.29 is 9.18 Å². The molecule has 2 heterocycles. The Bertz CT molecular complexity index is 1470. The van der Waals surface area contributed by atoms with E-state index in [1.807, 2.05) is 36.4 Å². The highest BCUT2D eigenvalue weighted by atomic mass is 19.1. The number of nitrogens with zero attached hydrogens (tertiary/aromatic N) is 3. The van der Waals surface area contributed by atoms with Gasteiger partial charge in [-0.15, -0.1) is 0 Å². The summed E-state index contributed by atoms with van der Waals surface area (Å²) in [7, 11) is 0. The number of carbonyl (C=O) groups excluding carboxylic acids is 1. The molecule has 3 aromatic carbocycles. The Kier molecular flexibility index (Phi) is 7.94. The van der Waals surface area contributed by atoms with Crippen molar-refractivity contribution in [3.8, 4) is 11.3 Å². The van der Waals surface area contributed by atoms with E-state index in [0.717, 1.165) is 62.0 Å². The molecule has 196 valence electrons. The Morgan fingerprint density at radius 3 is 2.39 bits per heavy atom. The van der Waals surface area contributed by atoms with E-state index in [1.165, 1.54) is 24.6 Å². The normalized spacial score (nSPS) is 14.6. The van der Waals surface area contributed by atoms with Crippen molar-refractivity contribution in [3.05, 3.63) is 94.5 Å². The summed E-state index contributed by atoms with van der Waals surface area (Å²) in [4.78, 5) is 27.0. The number of anilines is 1.